The van der Waals surface area contributed by atoms with Crippen molar-refractivity contribution in [3.05, 3.63) is 46.3 Å². The molecule has 0 fully saturated rings. The van der Waals surface area contributed by atoms with E-state index in [0.29, 0.717) is 22.8 Å². The Hall–Kier alpha value is -3.29. The predicted octanol–water partition coefficient (Wildman–Crippen LogP) is 2.87. The molecule has 0 atom stereocenters. The van der Waals surface area contributed by atoms with E-state index in [9.17, 15) is 14.4 Å². The van der Waals surface area contributed by atoms with Crippen LogP contribution in [0.5, 0.6) is 11.5 Å². The maximum atomic E-state index is 12.5. The molecular weight excluding hydrogens is 366 g/mol. The summed E-state index contributed by atoms with van der Waals surface area (Å²) >= 11 is 0. The van der Waals surface area contributed by atoms with Crippen LogP contribution in [0.25, 0.3) is 0 Å². The molecule has 0 amide bonds. The normalized spacial score (nSPS) is 10.3. The number of hydrogen-bond donors (Lipinski definition) is 1. The summed E-state index contributed by atoms with van der Waals surface area (Å²) < 4.78 is 20.4. The molecule has 0 bridgehead atoms. The van der Waals surface area contributed by atoms with Gasteiger partial charge in [-0.15, -0.1) is 0 Å². The number of H-pyrrole nitrogens is 1. The third-order valence-electron chi connectivity index (χ3n) is 4.16. The van der Waals surface area contributed by atoms with E-state index in [2.05, 4.69) is 4.98 Å². The number of methoxy groups -OCH3 is 2. The summed E-state index contributed by atoms with van der Waals surface area (Å²) in [6.45, 7) is 4.69. The van der Waals surface area contributed by atoms with Gasteiger partial charge in [-0.25, -0.2) is 9.59 Å². The molecule has 0 saturated heterocycles. The molecule has 150 valence electrons. The van der Waals surface area contributed by atoms with Crippen molar-refractivity contribution in [2.24, 2.45) is 0 Å². The van der Waals surface area contributed by atoms with Crippen LogP contribution in [0.3, 0.4) is 0 Å². The summed E-state index contributed by atoms with van der Waals surface area (Å²) in [5, 5.41) is 0. The highest BCUT2D eigenvalue weighted by atomic mass is 16.5. The second kappa shape index (κ2) is 9.07. The number of aromatic amines is 1. The summed E-state index contributed by atoms with van der Waals surface area (Å²) in [6, 6.07) is 4.73. The molecule has 2 rings (SSSR count). The van der Waals surface area contributed by atoms with Gasteiger partial charge in [-0.05, 0) is 38.5 Å². The Bertz CT molecular complexity index is 898. The highest BCUT2D eigenvalue weighted by Crippen LogP contribution is 2.25. The summed E-state index contributed by atoms with van der Waals surface area (Å²) in [4.78, 5) is 39.7. The molecule has 0 saturated carbocycles. The third kappa shape index (κ3) is 4.33. The summed E-state index contributed by atoms with van der Waals surface area (Å²) in [5.41, 5.74) is 1.54. The molecule has 0 spiro atoms. The number of ether oxygens (including phenoxy) is 4. The lowest BCUT2D eigenvalue weighted by Crippen LogP contribution is -2.16. The van der Waals surface area contributed by atoms with Gasteiger partial charge in [-0.3, -0.25) is 4.79 Å². The molecule has 28 heavy (non-hydrogen) atoms. The van der Waals surface area contributed by atoms with Gasteiger partial charge >= 0.3 is 11.9 Å². The van der Waals surface area contributed by atoms with E-state index in [1.54, 1.807) is 39.0 Å². The van der Waals surface area contributed by atoms with Gasteiger partial charge in [-0.1, -0.05) is 0 Å². The Labute approximate surface area is 162 Å². The summed E-state index contributed by atoms with van der Waals surface area (Å²) in [6.07, 6.45) is 0. The van der Waals surface area contributed by atoms with E-state index < -0.39 is 24.3 Å². The first-order valence-corrected chi connectivity index (χ1v) is 8.62. The first kappa shape index (κ1) is 21.0. The van der Waals surface area contributed by atoms with Crippen molar-refractivity contribution < 1.29 is 33.3 Å². The first-order valence-electron chi connectivity index (χ1n) is 8.62. The lowest BCUT2D eigenvalue weighted by atomic mass is 10.1. The van der Waals surface area contributed by atoms with E-state index >= 15 is 0 Å². The molecule has 0 unspecified atom stereocenters. The van der Waals surface area contributed by atoms with Crippen molar-refractivity contribution in [3.63, 3.8) is 0 Å². The minimum atomic E-state index is -0.706. The fraction of sp³-hybridized carbons (Fsp3) is 0.350. The van der Waals surface area contributed by atoms with E-state index in [-0.39, 0.29) is 23.4 Å². The smallest absolute Gasteiger partial charge is 0.355 e. The van der Waals surface area contributed by atoms with Gasteiger partial charge in [0, 0.05) is 11.8 Å². The number of Topliss-reactive ketones (excluding diaryl/α,β-unsaturated/α-hetero) is 1. The van der Waals surface area contributed by atoms with Crippen molar-refractivity contribution >= 4 is 17.7 Å². The Morgan fingerprint density at radius 2 is 1.71 bits per heavy atom. The molecule has 0 radical (unpaired) electrons. The number of esters is 2. The zero-order valence-electron chi connectivity index (χ0n) is 16.5. The molecule has 1 heterocycles. The van der Waals surface area contributed by atoms with Crippen LogP contribution in [0.1, 0.15) is 49.4 Å². The number of benzene rings is 1. The van der Waals surface area contributed by atoms with E-state index in [1.807, 2.05) is 0 Å². The summed E-state index contributed by atoms with van der Waals surface area (Å²) in [5.74, 6) is -0.831. The van der Waals surface area contributed by atoms with Gasteiger partial charge in [0.05, 0.1) is 32.0 Å². The third-order valence-corrected chi connectivity index (χ3v) is 4.16. The van der Waals surface area contributed by atoms with Crippen molar-refractivity contribution in [1.82, 2.24) is 4.98 Å². The number of ketones is 1. The van der Waals surface area contributed by atoms with Crippen LogP contribution in [0, 0.1) is 13.8 Å². The number of aryl methyl sites for hydroxylation is 1. The maximum absolute atomic E-state index is 12.5. The topological polar surface area (TPSA) is 104 Å². The Kier molecular flexibility index (Phi) is 6.81. The molecule has 0 aliphatic heterocycles. The second-order valence-corrected chi connectivity index (χ2v) is 5.91. The standard InChI is InChI=1S/C20H23NO7/c1-6-27-20(24)18-11(2)17(12(3)21-18)19(23)28-10-15(22)14-8-7-13(25-4)9-16(14)26-5/h7-9,21H,6,10H2,1-5H3. The van der Waals surface area contributed by atoms with Crippen molar-refractivity contribution in [1.29, 1.82) is 0 Å². The number of hydrogen-bond acceptors (Lipinski definition) is 7. The maximum Gasteiger partial charge on any atom is 0.355 e. The number of carbonyl (C=O) groups is 3. The SMILES string of the molecule is CCOC(=O)c1[nH]c(C)c(C(=O)OCC(=O)c2ccc(OC)cc2OC)c1C. The van der Waals surface area contributed by atoms with Crippen molar-refractivity contribution in [2.75, 3.05) is 27.4 Å². The highest BCUT2D eigenvalue weighted by Gasteiger charge is 2.25. The summed E-state index contributed by atoms with van der Waals surface area (Å²) in [7, 11) is 2.94. The van der Waals surface area contributed by atoms with E-state index in [1.165, 1.54) is 14.2 Å². The predicted molar refractivity (Wildman–Crippen MR) is 100 cm³/mol. The van der Waals surface area contributed by atoms with Gasteiger partial charge in [-0.2, -0.15) is 0 Å². The molecule has 0 aliphatic rings. The van der Waals surface area contributed by atoms with Crippen molar-refractivity contribution in [2.45, 2.75) is 20.8 Å². The zero-order valence-corrected chi connectivity index (χ0v) is 16.5. The molecule has 1 aromatic heterocycles. The quantitative estimate of drug-likeness (QED) is 0.547. The van der Waals surface area contributed by atoms with Gasteiger partial charge in [0.2, 0.25) is 5.78 Å². The molecule has 0 aliphatic carbocycles. The number of rotatable bonds is 8. The van der Waals surface area contributed by atoms with Gasteiger partial charge in [0.1, 0.15) is 17.2 Å². The number of nitrogens with one attached hydrogen (secondary N) is 1. The minimum Gasteiger partial charge on any atom is -0.497 e. The Balaban J connectivity index is 2.14. The molecule has 1 N–H and O–H groups in total. The second-order valence-electron chi connectivity index (χ2n) is 5.91. The van der Waals surface area contributed by atoms with Crippen LogP contribution in [0.2, 0.25) is 0 Å². The number of carbonyl (C=O) groups excluding carboxylic acids is 3. The first-order chi connectivity index (χ1) is 13.3. The number of aromatic nitrogens is 1. The van der Waals surface area contributed by atoms with Crippen LogP contribution < -0.4 is 9.47 Å². The molecule has 8 heteroatoms. The molecule has 1 aromatic carbocycles. The molecule has 2 aromatic rings. The van der Waals surface area contributed by atoms with Gasteiger partial charge in [0.15, 0.2) is 6.61 Å². The van der Waals surface area contributed by atoms with Crippen LogP contribution in [-0.2, 0) is 9.47 Å². The fourth-order valence-electron chi connectivity index (χ4n) is 2.77. The van der Waals surface area contributed by atoms with Gasteiger partial charge in [0.25, 0.3) is 0 Å². The van der Waals surface area contributed by atoms with Gasteiger partial charge < -0.3 is 23.9 Å². The lowest BCUT2D eigenvalue weighted by molar-refractivity contribution is 0.0472. The lowest BCUT2D eigenvalue weighted by Gasteiger charge is -2.10. The largest absolute Gasteiger partial charge is 0.497 e. The molecular formula is C20H23NO7. The average molecular weight is 389 g/mol. The minimum absolute atomic E-state index is 0.189. The van der Waals surface area contributed by atoms with E-state index in [4.69, 9.17) is 18.9 Å². The zero-order chi connectivity index (χ0) is 20.8. The van der Waals surface area contributed by atoms with Crippen LogP contribution in [0.15, 0.2) is 18.2 Å². The van der Waals surface area contributed by atoms with Crippen LogP contribution in [-0.4, -0.2) is 50.1 Å². The fourth-order valence-corrected chi connectivity index (χ4v) is 2.77. The molecule has 8 nitrogen and oxygen atoms in total. The Morgan fingerprint density at radius 1 is 1.00 bits per heavy atom. The van der Waals surface area contributed by atoms with Crippen molar-refractivity contribution in [3.8, 4) is 11.5 Å². The monoisotopic (exact) mass is 389 g/mol. The van der Waals surface area contributed by atoms with Crippen LogP contribution >= 0.6 is 0 Å². The Morgan fingerprint density at radius 3 is 2.32 bits per heavy atom. The highest BCUT2D eigenvalue weighted by molar-refractivity contribution is 6.03. The van der Waals surface area contributed by atoms with E-state index in [0.717, 1.165) is 0 Å². The average Bonchev–Trinajstić information content (AvgIpc) is 2.99. The van der Waals surface area contributed by atoms with Crippen LogP contribution in [0.4, 0.5) is 0 Å².